The molecule has 0 aliphatic carbocycles. The molecular formula is C20H16ClNO5. The summed E-state index contributed by atoms with van der Waals surface area (Å²) in [6.07, 6.45) is 0. The van der Waals surface area contributed by atoms with Crippen LogP contribution < -0.4 is 10.1 Å². The lowest BCUT2D eigenvalue weighted by atomic mass is 10.2. The van der Waals surface area contributed by atoms with Crippen molar-refractivity contribution in [3.8, 4) is 5.75 Å². The first-order valence-corrected chi connectivity index (χ1v) is 8.42. The summed E-state index contributed by atoms with van der Waals surface area (Å²) in [7, 11) is 0. The summed E-state index contributed by atoms with van der Waals surface area (Å²) in [5, 5.41) is 12.3. The SMILES string of the molecule is Cc1oc(C(=O)O)cc1COc1ccc(C(=O)Nc2ccc(Cl)cc2)cc1. The number of rotatable bonds is 6. The molecule has 0 aliphatic heterocycles. The molecule has 2 N–H and O–H groups in total. The number of carbonyl (C=O) groups is 2. The van der Waals surface area contributed by atoms with Crippen LogP contribution >= 0.6 is 11.6 Å². The Labute approximate surface area is 160 Å². The quantitative estimate of drug-likeness (QED) is 0.638. The molecule has 0 saturated heterocycles. The maximum absolute atomic E-state index is 12.2. The highest BCUT2D eigenvalue weighted by molar-refractivity contribution is 6.30. The summed E-state index contributed by atoms with van der Waals surface area (Å²) < 4.78 is 10.8. The van der Waals surface area contributed by atoms with Crippen LogP contribution in [-0.2, 0) is 6.61 Å². The van der Waals surface area contributed by atoms with Crippen LogP contribution in [0, 0.1) is 6.92 Å². The Bertz CT molecular complexity index is 961. The van der Waals surface area contributed by atoms with Crippen molar-refractivity contribution in [2.45, 2.75) is 13.5 Å². The number of carboxylic acids is 1. The predicted octanol–water partition coefficient (Wildman–Crippen LogP) is 4.77. The van der Waals surface area contributed by atoms with Gasteiger partial charge in [0.1, 0.15) is 18.1 Å². The molecule has 27 heavy (non-hydrogen) atoms. The second-order valence-electron chi connectivity index (χ2n) is 5.77. The zero-order valence-electron chi connectivity index (χ0n) is 14.4. The maximum Gasteiger partial charge on any atom is 0.371 e. The van der Waals surface area contributed by atoms with Crippen LogP contribution in [-0.4, -0.2) is 17.0 Å². The smallest absolute Gasteiger partial charge is 0.371 e. The van der Waals surface area contributed by atoms with Gasteiger partial charge in [-0.2, -0.15) is 0 Å². The minimum absolute atomic E-state index is 0.125. The lowest BCUT2D eigenvalue weighted by molar-refractivity contribution is 0.0660. The molecule has 1 amide bonds. The number of benzene rings is 2. The average molecular weight is 386 g/mol. The number of nitrogens with one attached hydrogen (secondary N) is 1. The molecule has 2 aromatic carbocycles. The van der Waals surface area contributed by atoms with E-state index in [1.165, 1.54) is 6.07 Å². The van der Waals surface area contributed by atoms with E-state index in [1.54, 1.807) is 55.5 Å². The zero-order valence-corrected chi connectivity index (χ0v) is 15.1. The van der Waals surface area contributed by atoms with Gasteiger partial charge in [-0.3, -0.25) is 4.79 Å². The van der Waals surface area contributed by atoms with Crippen LogP contribution in [0.3, 0.4) is 0 Å². The minimum atomic E-state index is -1.12. The van der Waals surface area contributed by atoms with Crippen molar-refractivity contribution in [2.24, 2.45) is 0 Å². The summed E-state index contributed by atoms with van der Waals surface area (Å²) in [4.78, 5) is 23.2. The predicted molar refractivity (Wildman–Crippen MR) is 101 cm³/mol. The Kier molecular flexibility index (Phi) is 5.47. The molecule has 0 saturated carbocycles. The molecule has 1 aromatic heterocycles. The highest BCUT2D eigenvalue weighted by Gasteiger charge is 2.13. The number of furan rings is 1. The van der Waals surface area contributed by atoms with Gasteiger partial charge in [0.25, 0.3) is 5.91 Å². The van der Waals surface area contributed by atoms with E-state index in [2.05, 4.69) is 5.32 Å². The Morgan fingerprint density at radius 2 is 1.78 bits per heavy atom. The second-order valence-corrected chi connectivity index (χ2v) is 6.21. The summed E-state index contributed by atoms with van der Waals surface area (Å²) in [5.74, 6) is -0.455. The minimum Gasteiger partial charge on any atom is -0.489 e. The Hall–Kier alpha value is -3.25. The Morgan fingerprint density at radius 1 is 1.11 bits per heavy atom. The van der Waals surface area contributed by atoms with Crippen LogP contribution in [0.4, 0.5) is 5.69 Å². The first-order valence-electron chi connectivity index (χ1n) is 8.05. The van der Waals surface area contributed by atoms with Crippen molar-refractivity contribution in [3.63, 3.8) is 0 Å². The van der Waals surface area contributed by atoms with Crippen molar-refractivity contribution in [3.05, 3.63) is 82.3 Å². The Balaban J connectivity index is 1.60. The molecule has 0 spiro atoms. The van der Waals surface area contributed by atoms with Crippen molar-refractivity contribution < 1.29 is 23.8 Å². The first kappa shape index (κ1) is 18.5. The standard InChI is InChI=1S/C20H16ClNO5/c1-12-14(10-18(27-12)20(24)25)11-26-17-8-2-13(3-9-17)19(23)22-16-6-4-15(21)5-7-16/h2-10H,11H2,1H3,(H,22,23)(H,24,25). The molecule has 0 aliphatic rings. The van der Waals surface area contributed by atoms with Crippen molar-refractivity contribution in [1.29, 1.82) is 0 Å². The number of ether oxygens (including phenoxy) is 1. The van der Waals surface area contributed by atoms with Gasteiger partial charge in [-0.1, -0.05) is 11.6 Å². The molecule has 0 radical (unpaired) electrons. The number of carbonyl (C=O) groups excluding carboxylic acids is 1. The fourth-order valence-electron chi connectivity index (χ4n) is 2.37. The van der Waals surface area contributed by atoms with E-state index in [4.69, 9.17) is 25.9 Å². The van der Waals surface area contributed by atoms with Gasteiger partial charge in [0.2, 0.25) is 5.76 Å². The highest BCUT2D eigenvalue weighted by atomic mass is 35.5. The number of aryl methyl sites for hydroxylation is 1. The number of anilines is 1. The number of hydrogen-bond acceptors (Lipinski definition) is 4. The van der Waals surface area contributed by atoms with E-state index in [1.807, 2.05) is 0 Å². The number of amides is 1. The van der Waals surface area contributed by atoms with Gasteiger partial charge >= 0.3 is 5.97 Å². The van der Waals surface area contributed by atoms with Crippen LogP contribution in [0.1, 0.15) is 32.2 Å². The summed E-state index contributed by atoms with van der Waals surface area (Å²) in [5.41, 5.74) is 1.77. The van der Waals surface area contributed by atoms with Gasteiger partial charge in [0.15, 0.2) is 0 Å². The number of carboxylic acid groups (broad SMARTS) is 1. The summed E-state index contributed by atoms with van der Waals surface area (Å²) in [6, 6.07) is 14.9. The number of hydrogen-bond donors (Lipinski definition) is 2. The van der Waals surface area contributed by atoms with Crippen molar-refractivity contribution >= 4 is 29.2 Å². The third-order valence-electron chi connectivity index (χ3n) is 3.84. The lowest BCUT2D eigenvalue weighted by Crippen LogP contribution is -2.11. The molecule has 0 unspecified atom stereocenters. The number of aromatic carboxylic acids is 1. The van der Waals surface area contributed by atoms with Gasteiger partial charge in [-0.25, -0.2) is 4.79 Å². The normalized spacial score (nSPS) is 10.4. The molecule has 138 valence electrons. The van der Waals surface area contributed by atoms with E-state index in [9.17, 15) is 9.59 Å². The third-order valence-corrected chi connectivity index (χ3v) is 4.10. The molecule has 6 nitrogen and oxygen atoms in total. The largest absolute Gasteiger partial charge is 0.489 e. The van der Waals surface area contributed by atoms with Crippen LogP contribution in [0.2, 0.25) is 5.02 Å². The molecule has 0 bridgehead atoms. The monoisotopic (exact) mass is 385 g/mol. The van der Waals surface area contributed by atoms with E-state index in [0.29, 0.717) is 33.3 Å². The van der Waals surface area contributed by atoms with Crippen LogP contribution in [0.15, 0.2) is 59.0 Å². The van der Waals surface area contributed by atoms with E-state index < -0.39 is 5.97 Å². The first-order chi connectivity index (χ1) is 12.9. The Morgan fingerprint density at radius 3 is 2.37 bits per heavy atom. The topological polar surface area (TPSA) is 88.8 Å². The summed E-state index contributed by atoms with van der Waals surface area (Å²) in [6.45, 7) is 1.84. The molecular weight excluding hydrogens is 370 g/mol. The van der Waals surface area contributed by atoms with Gasteiger partial charge in [-0.05, 0) is 61.5 Å². The average Bonchev–Trinajstić information content (AvgIpc) is 3.03. The van der Waals surface area contributed by atoms with E-state index in [-0.39, 0.29) is 18.3 Å². The van der Waals surface area contributed by atoms with Gasteiger partial charge in [-0.15, -0.1) is 0 Å². The van der Waals surface area contributed by atoms with Crippen molar-refractivity contribution in [1.82, 2.24) is 0 Å². The molecule has 3 aromatic rings. The fraction of sp³-hybridized carbons (Fsp3) is 0.100. The number of halogens is 1. The van der Waals surface area contributed by atoms with Crippen LogP contribution in [0.5, 0.6) is 5.75 Å². The van der Waals surface area contributed by atoms with Crippen molar-refractivity contribution in [2.75, 3.05) is 5.32 Å². The van der Waals surface area contributed by atoms with Gasteiger partial charge in [0, 0.05) is 21.8 Å². The second kappa shape index (κ2) is 7.97. The fourth-order valence-corrected chi connectivity index (χ4v) is 2.49. The molecule has 1 heterocycles. The van der Waals surface area contributed by atoms with Gasteiger partial charge in [0.05, 0.1) is 0 Å². The summed E-state index contributed by atoms with van der Waals surface area (Å²) >= 11 is 5.82. The molecule has 0 fully saturated rings. The van der Waals surface area contributed by atoms with E-state index in [0.717, 1.165) is 0 Å². The van der Waals surface area contributed by atoms with Gasteiger partial charge < -0.3 is 19.6 Å². The van der Waals surface area contributed by atoms with E-state index >= 15 is 0 Å². The lowest BCUT2D eigenvalue weighted by Gasteiger charge is -2.08. The highest BCUT2D eigenvalue weighted by Crippen LogP contribution is 2.20. The molecule has 3 rings (SSSR count). The molecule has 7 heteroatoms. The maximum atomic E-state index is 12.2. The molecule has 0 atom stereocenters. The van der Waals surface area contributed by atoms with Crippen LogP contribution in [0.25, 0.3) is 0 Å². The zero-order chi connectivity index (χ0) is 19.4. The third kappa shape index (κ3) is 4.68.